The number of nitrogens with zero attached hydrogens (tertiary/aromatic N) is 2. The number of hydrogen-bond acceptors (Lipinski definition) is 8. The lowest BCUT2D eigenvalue weighted by molar-refractivity contribution is -0.113. The summed E-state index contributed by atoms with van der Waals surface area (Å²) in [5.41, 5.74) is 2.12. The van der Waals surface area contributed by atoms with E-state index in [-0.39, 0.29) is 17.9 Å². The van der Waals surface area contributed by atoms with E-state index in [0.717, 1.165) is 11.1 Å². The number of rotatable bonds is 6. The molecular formula is C17H20BN3O4S. The highest BCUT2D eigenvalue weighted by Crippen LogP contribution is 2.36. The molecular weight excluding hydrogens is 353 g/mol. The molecule has 1 aliphatic rings. The predicted molar refractivity (Wildman–Crippen MR) is 101 cm³/mol. The van der Waals surface area contributed by atoms with Crippen molar-refractivity contribution in [2.75, 3.05) is 11.9 Å². The smallest absolute Gasteiger partial charge is 0.526 e. The van der Waals surface area contributed by atoms with Crippen molar-refractivity contribution in [3.63, 3.8) is 0 Å². The van der Waals surface area contributed by atoms with Gasteiger partial charge >= 0.3 is 7.12 Å². The Labute approximate surface area is 155 Å². The Morgan fingerprint density at radius 3 is 3.08 bits per heavy atom. The van der Waals surface area contributed by atoms with E-state index in [1.54, 1.807) is 5.38 Å². The number of aryl methyl sites for hydroxylation is 1. The van der Waals surface area contributed by atoms with Gasteiger partial charge in [0.05, 0.1) is 0 Å². The molecule has 0 amide bonds. The standard InChI is InChI=1S/C17H20BN3O4S/c1-3-19-17-20-13(9-26-17)15(21-24)14(22)8-12-7-11-6-4-5-10(2)16(11)25-18(12)23/h4-6,9,12,23-24H,3,7-8H2,1-2H3,(H,19,20)/b21-15-/t12-/m1/s1. The van der Waals surface area contributed by atoms with E-state index in [4.69, 9.17) is 4.65 Å². The van der Waals surface area contributed by atoms with Crippen molar-refractivity contribution in [2.24, 2.45) is 5.16 Å². The Morgan fingerprint density at radius 2 is 2.35 bits per heavy atom. The maximum Gasteiger partial charge on any atom is 0.526 e. The summed E-state index contributed by atoms with van der Waals surface area (Å²) in [5, 5.41) is 28.1. The van der Waals surface area contributed by atoms with E-state index in [2.05, 4.69) is 15.5 Å². The van der Waals surface area contributed by atoms with E-state index in [9.17, 15) is 15.0 Å². The van der Waals surface area contributed by atoms with Crippen molar-refractivity contribution >= 4 is 35.1 Å². The third-order valence-corrected chi connectivity index (χ3v) is 5.10. The normalized spacial score (nSPS) is 16.8. The van der Waals surface area contributed by atoms with Gasteiger partial charge in [0.2, 0.25) is 0 Å². The molecule has 0 radical (unpaired) electrons. The highest BCUT2D eigenvalue weighted by molar-refractivity contribution is 7.14. The maximum atomic E-state index is 12.6. The van der Waals surface area contributed by atoms with Crippen molar-refractivity contribution in [2.45, 2.75) is 32.5 Å². The number of oxime groups is 1. The van der Waals surface area contributed by atoms with Crippen LogP contribution in [0, 0.1) is 6.92 Å². The number of fused-ring (bicyclic) bond motifs is 1. The molecule has 1 atom stereocenters. The molecule has 0 bridgehead atoms. The number of carbonyl (C=O) groups is 1. The second kappa shape index (κ2) is 7.88. The average molecular weight is 373 g/mol. The van der Waals surface area contributed by atoms with Crippen LogP contribution in [0.15, 0.2) is 28.7 Å². The van der Waals surface area contributed by atoms with Crippen LogP contribution in [0.1, 0.15) is 30.2 Å². The van der Waals surface area contributed by atoms with Gasteiger partial charge in [0.25, 0.3) is 0 Å². The zero-order chi connectivity index (χ0) is 18.7. The Hall–Kier alpha value is -2.39. The molecule has 0 saturated carbocycles. The SMILES string of the molecule is CCNc1nc(/C(=N/O)C(=O)C[C@H]2Cc3cccc(C)c3OB2O)cs1. The third-order valence-electron chi connectivity index (χ3n) is 4.30. The molecule has 0 saturated heterocycles. The molecule has 26 heavy (non-hydrogen) atoms. The fraction of sp³-hybridized carbons (Fsp3) is 0.353. The lowest BCUT2D eigenvalue weighted by Crippen LogP contribution is -2.36. The van der Waals surface area contributed by atoms with Gasteiger partial charge in [-0.3, -0.25) is 4.79 Å². The maximum absolute atomic E-state index is 12.6. The number of carbonyl (C=O) groups excluding carboxylic acids is 1. The monoisotopic (exact) mass is 373 g/mol. The largest absolute Gasteiger partial charge is 0.536 e. The number of benzene rings is 1. The molecule has 1 aromatic heterocycles. The van der Waals surface area contributed by atoms with Gasteiger partial charge in [-0.25, -0.2) is 4.98 Å². The Morgan fingerprint density at radius 1 is 1.54 bits per heavy atom. The lowest BCUT2D eigenvalue weighted by Gasteiger charge is -2.28. The van der Waals surface area contributed by atoms with Crippen LogP contribution in [-0.4, -0.2) is 40.4 Å². The highest BCUT2D eigenvalue weighted by Gasteiger charge is 2.37. The number of aromatic nitrogens is 1. The van der Waals surface area contributed by atoms with Crippen molar-refractivity contribution in [1.82, 2.24) is 4.98 Å². The first kappa shape index (κ1) is 18.4. The number of anilines is 1. The van der Waals surface area contributed by atoms with E-state index in [1.165, 1.54) is 11.3 Å². The Bertz CT molecular complexity index is 839. The molecule has 136 valence electrons. The molecule has 1 aliphatic heterocycles. The first-order valence-electron chi connectivity index (χ1n) is 8.41. The summed E-state index contributed by atoms with van der Waals surface area (Å²) in [5.74, 6) is -0.125. The topological polar surface area (TPSA) is 104 Å². The van der Waals surface area contributed by atoms with Crippen LogP contribution in [0.3, 0.4) is 0 Å². The molecule has 3 rings (SSSR count). The van der Waals surface area contributed by atoms with Crippen LogP contribution in [0.4, 0.5) is 5.13 Å². The van der Waals surface area contributed by atoms with E-state index in [1.807, 2.05) is 32.0 Å². The second-order valence-electron chi connectivity index (χ2n) is 6.18. The summed E-state index contributed by atoms with van der Waals surface area (Å²) in [6.45, 7) is 4.56. The van der Waals surface area contributed by atoms with Gasteiger partial charge in [-0.15, -0.1) is 11.3 Å². The number of thiazole rings is 1. The van der Waals surface area contributed by atoms with Crippen LogP contribution in [0.5, 0.6) is 5.75 Å². The molecule has 1 aromatic carbocycles. The van der Waals surface area contributed by atoms with Crippen LogP contribution in [0.25, 0.3) is 0 Å². The zero-order valence-electron chi connectivity index (χ0n) is 14.6. The van der Waals surface area contributed by atoms with Gasteiger partial charge in [-0.1, -0.05) is 23.4 Å². The number of nitrogens with one attached hydrogen (secondary N) is 1. The molecule has 0 spiro atoms. The summed E-state index contributed by atoms with van der Waals surface area (Å²) in [6.07, 6.45) is 0.518. The lowest BCUT2D eigenvalue weighted by atomic mass is 9.64. The van der Waals surface area contributed by atoms with Crippen LogP contribution in [-0.2, 0) is 11.2 Å². The average Bonchev–Trinajstić information content (AvgIpc) is 3.06. The van der Waals surface area contributed by atoms with E-state index >= 15 is 0 Å². The number of ketones is 1. The number of para-hydroxylation sites is 1. The van der Waals surface area contributed by atoms with Crippen molar-refractivity contribution in [3.05, 3.63) is 40.4 Å². The van der Waals surface area contributed by atoms with Gasteiger partial charge in [-0.05, 0) is 31.4 Å². The predicted octanol–water partition coefficient (Wildman–Crippen LogP) is 2.51. The summed E-state index contributed by atoms with van der Waals surface area (Å²) in [4.78, 5) is 16.9. The van der Waals surface area contributed by atoms with Crippen molar-refractivity contribution < 1.29 is 19.7 Å². The molecule has 3 N–H and O–H groups in total. The Balaban J connectivity index is 1.74. The van der Waals surface area contributed by atoms with Gasteiger partial charge in [-0.2, -0.15) is 0 Å². The quantitative estimate of drug-likeness (QED) is 0.311. The number of Topliss-reactive ketones (excluding diaryl/α,β-unsaturated/α-hetero) is 1. The fourth-order valence-corrected chi connectivity index (χ4v) is 3.78. The minimum absolute atomic E-state index is 0.00199. The van der Waals surface area contributed by atoms with E-state index in [0.29, 0.717) is 29.5 Å². The zero-order valence-corrected chi connectivity index (χ0v) is 15.4. The highest BCUT2D eigenvalue weighted by atomic mass is 32.1. The fourth-order valence-electron chi connectivity index (χ4n) is 3.02. The van der Waals surface area contributed by atoms with E-state index < -0.39 is 12.9 Å². The minimum Gasteiger partial charge on any atom is -0.536 e. The van der Waals surface area contributed by atoms with Gasteiger partial charge in [0.15, 0.2) is 16.6 Å². The number of hydrogen-bond donors (Lipinski definition) is 3. The molecule has 2 heterocycles. The first-order chi connectivity index (χ1) is 12.5. The summed E-state index contributed by atoms with van der Waals surface area (Å²) in [6, 6.07) is 5.76. The first-order valence-corrected chi connectivity index (χ1v) is 9.29. The van der Waals surface area contributed by atoms with Crippen molar-refractivity contribution in [1.29, 1.82) is 0 Å². The molecule has 2 aromatic rings. The molecule has 9 heteroatoms. The minimum atomic E-state index is -1.08. The van der Waals surface area contributed by atoms with Crippen LogP contribution < -0.4 is 9.97 Å². The second-order valence-corrected chi connectivity index (χ2v) is 7.04. The van der Waals surface area contributed by atoms with Gasteiger partial charge in [0, 0.05) is 24.2 Å². The van der Waals surface area contributed by atoms with Crippen molar-refractivity contribution in [3.8, 4) is 5.75 Å². The third kappa shape index (κ3) is 3.73. The van der Waals surface area contributed by atoms with Gasteiger partial charge in [0.1, 0.15) is 11.4 Å². The summed E-state index contributed by atoms with van der Waals surface area (Å²) < 4.78 is 5.61. The van der Waals surface area contributed by atoms with Crippen LogP contribution >= 0.6 is 11.3 Å². The van der Waals surface area contributed by atoms with Gasteiger partial charge < -0.3 is 20.2 Å². The molecule has 0 unspecified atom stereocenters. The molecule has 0 fully saturated rings. The summed E-state index contributed by atoms with van der Waals surface area (Å²) in [7, 11) is -1.08. The summed E-state index contributed by atoms with van der Waals surface area (Å²) >= 11 is 1.33. The molecule has 7 nitrogen and oxygen atoms in total. The van der Waals surface area contributed by atoms with Crippen LogP contribution in [0.2, 0.25) is 5.82 Å². The Kier molecular flexibility index (Phi) is 5.58. The molecule has 0 aliphatic carbocycles.